The lowest BCUT2D eigenvalue weighted by atomic mass is 10.2. The molecule has 0 saturated heterocycles. The molecule has 0 heterocycles. The molecule has 0 aliphatic rings. The van der Waals surface area contributed by atoms with Gasteiger partial charge in [0.1, 0.15) is 6.61 Å². The van der Waals surface area contributed by atoms with Gasteiger partial charge in [0.15, 0.2) is 0 Å². The first-order valence-corrected chi connectivity index (χ1v) is 5.50. The maximum Gasteiger partial charge on any atom is 0.140 e. The van der Waals surface area contributed by atoms with Gasteiger partial charge in [-0.15, -0.1) is 0 Å². The summed E-state index contributed by atoms with van der Waals surface area (Å²) in [4.78, 5) is 4.94. The Morgan fingerprint density at radius 2 is 2.20 bits per heavy atom. The third kappa shape index (κ3) is 5.16. The Morgan fingerprint density at radius 1 is 1.40 bits per heavy atom. The molecule has 1 aromatic rings. The molecule has 0 fully saturated rings. The number of nitrogens with zero attached hydrogens (tertiary/aromatic N) is 1. The molecular formula is C10H11BrClNO2. The summed E-state index contributed by atoms with van der Waals surface area (Å²) in [5.41, 5.74) is 0.881. The van der Waals surface area contributed by atoms with E-state index in [0.29, 0.717) is 18.2 Å². The summed E-state index contributed by atoms with van der Waals surface area (Å²) >= 11 is 9.20. The van der Waals surface area contributed by atoms with E-state index in [-0.39, 0.29) is 0 Å². The molecule has 0 atom stereocenters. The molecule has 0 spiro atoms. The van der Waals surface area contributed by atoms with Crippen molar-refractivity contribution in [1.29, 1.82) is 0 Å². The zero-order chi connectivity index (χ0) is 11.1. The minimum absolute atomic E-state index is 0.439. The van der Waals surface area contributed by atoms with Crippen molar-refractivity contribution in [3.05, 3.63) is 33.3 Å². The summed E-state index contributed by atoms with van der Waals surface area (Å²) < 4.78 is 5.72. The molecule has 0 aliphatic carbocycles. The first kappa shape index (κ1) is 12.5. The van der Waals surface area contributed by atoms with Crippen molar-refractivity contribution in [2.75, 3.05) is 20.3 Å². The van der Waals surface area contributed by atoms with Crippen LogP contribution in [0.25, 0.3) is 0 Å². The molecule has 0 unspecified atom stereocenters. The van der Waals surface area contributed by atoms with Crippen LogP contribution in [0.2, 0.25) is 5.02 Å². The summed E-state index contributed by atoms with van der Waals surface area (Å²) in [5.74, 6) is 0. The molecular weight excluding hydrogens is 281 g/mol. The molecule has 0 aromatic heterocycles. The highest BCUT2D eigenvalue weighted by atomic mass is 79.9. The third-order valence-corrected chi connectivity index (χ3v) is 2.22. The van der Waals surface area contributed by atoms with Gasteiger partial charge in [-0.05, 0) is 23.8 Å². The lowest BCUT2D eigenvalue weighted by Gasteiger charge is -1.98. The summed E-state index contributed by atoms with van der Waals surface area (Å²) in [6.07, 6.45) is 1.60. The van der Waals surface area contributed by atoms with Gasteiger partial charge in [0, 0.05) is 16.6 Å². The van der Waals surface area contributed by atoms with Gasteiger partial charge in [0.25, 0.3) is 0 Å². The maximum absolute atomic E-state index is 5.86. The second kappa shape index (κ2) is 6.82. The normalized spacial score (nSPS) is 10.9. The molecule has 5 heteroatoms. The molecule has 0 aliphatic heterocycles. The van der Waals surface area contributed by atoms with Crippen LogP contribution in [0.3, 0.4) is 0 Å². The molecule has 0 radical (unpaired) electrons. The van der Waals surface area contributed by atoms with Crippen LogP contribution >= 0.6 is 27.5 Å². The zero-order valence-electron chi connectivity index (χ0n) is 8.24. The molecule has 0 amide bonds. The van der Waals surface area contributed by atoms with E-state index in [4.69, 9.17) is 21.2 Å². The van der Waals surface area contributed by atoms with Crippen molar-refractivity contribution in [2.45, 2.75) is 0 Å². The molecule has 82 valence electrons. The van der Waals surface area contributed by atoms with Crippen molar-refractivity contribution in [3.8, 4) is 0 Å². The van der Waals surface area contributed by atoms with Crippen molar-refractivity contribution in [2.24, 2.45) is 5.16 Å². The van der Waals surface area contributed by atoms with Crippen molar-refractivity contribution in [1.82, 2.24) is 0 Å². The molecule has 1 aromatic carbocycles. The largest absolute Gasteiger partial charge is 0.393 e. The number of ether oxygens (including phenoxy) is 1. The van der Waals surface area contributed by atoms with Gasteiger partial charge in [0.2, 0.25) is 0 Å². The van der Waals surface area contributed by atoms with Crippen LogP contribution in [0.1, 0.15) is 5.56 Å². The van der Waals surface area contributed by atoms with E-state index in [2.05, 4.69) is 21.1 Å². The second-order valence-electron chi connectivity index (χ2n) is 2.76. The average Bonchev–Trinajstić information content (AvgIpc) is 2.16. The standard InChI is InChI=1S/C10H11BrClNO2/c1-14-2-3-15-13-7-8-4-9(11)6-10(12)5-8/h4-7H,2-3H2,1H3/b13-7+. The molecule has 0 N–H and O–H groups in total. The van der Waals surface area contributed by atoms with E-state index in [1.165, 1.54) is 0 Å². The van der Waals surface area contributed by atoms with Crippen LogP contribution in [0.15, 0.2) is 27.8 Å². The van der Waals surface area contributed by atoms with Crippen molar-refractivity contribution < 1.29 is 9.57 Å². The van der Waals surface area contributed by atoms with Gasteiger partial charge in [0.05, 0.1) is 12.8 Å². The zero-order valence-corrected chi connectivity index (χ0v) is 10.6. The van der Waals surface area contributed by atoms with Crippen LogP contribution < -0.4 is 0 Å². The van der Waals surface area contributed by atoms with Crippen molar-refractivity contribution >= 4 is 33.7 Å². The number of oxime groups is 1. The van der Waals surface area contributed by atoms with Crippen LogP contribution in [0, 0.1) is 0 Å². The average molecular weight is 293 g/mol. The third-order valence-electron chi connectivity index (χ3n) is 1.54. The number of benzene rings is 1. The smallest absolute Gasteiger partial charge is 0.140 e. The van der Waals surface area contributed by atoms with E-state index < -0.39 is 0 Å². The van der Waals surface area contributed by atoms with Crippen LogP contribution in [0.5, 0.6) is 0 Å². The maximum atomic E-state index is 5.86. The molecule has 0 bridgehead atoms. The van der Waals surface area contributed by atoms with E-state index in [0.717, 1.165) is 10.0 Å². The van der Waals surface area contributed by atoms with Gasteiger partial charge >= 0.3 is 0 Å². The fourth-order valence-corrected chi connectivity index (χ4v) is 1.81. The summed E-state index contributed by atoms with van der Waals surface area (Å²) in [6.45, 7) is 0.964. The number of hydrogen-bond acceptors (Lipinski definition) is 3. The summed E-state index contributed by atoms with van der Waals surface area (Å²) in [5, 5.41) is 4.43. The van der Waals surface area contributed by atoms with Gasteiger partial charge in [-0.25, -0.2) is 0 Å². The minimum atomic E-state index is 0.439. The highest BCUT2D eigenvalue weighted by Crippen LogP contribution is 2.18. The predicted octanol–water partition coefficient (Wildman–Crippen LogP) is 3.10. The highest BCUT2D eigenvalue weighted by Gasteiger charge is 1.94. The number of rotatable bonds is 5. The number of methoxy groups -OCH3 is 1. The van der Waals surface area contributed by atoms with Gasteiger partial charge < -0.3 is 9.57 Å². The van der Waals surface area contributed by atoms with E-state index >= 15 is 0 Å². The molecule has 15 heavy (non-hydrogen) atoms. The van der Waals surface area contributed by atoms with Gasteiger partial charge in [-0.1, -0.05) is 32.7 Å². The number of halogens is 2. The first-order chi connectivity index (χ1) is 7.22. The number of hydrogen-bond donors (Lipinski definition) is 0. The van der Waals surface area contributed by atoms with E-state index in [1.807, 2.05) is 12.1 Å². The predicted molar refractivity (Wildman–Crippen MR) is 64.6 cm³/mol. The van der Waals surface area contributed by atoms with Gasteiger partial charge in [-0.2, -0.15) is 0 Å². The summed E-state index contributed by atoms with van der Waals surface area (Å²) in [7, 11) is 1.61. The highest BCUT2D eigenvalue weighted by molar-refractivity contribution is 9.10. The van der Waals surface area contributed by atoms with Crippen molar-refractivity contribution in [3.63, 3.8) is 0 Å². The molecule has 0 saturated carbocycles. The Hall–Kier alpha value is -0.580. The van der Waals surface area contributed by atoms with Crippen LogP contribution in [-0.2, 0) is 9.57 Å². The Kier molecular flexibility index (Phi) is 5.68. The molecule has 3 nitrogen and oxygen atoms in total. The fraction of sp³-hybridized carbons (Fsp3) is 0.300. The SMILES string of the molecule is COCCO/N=C/c1cc(Cl)cc(Br)c1. The van der Waals surface area contributed by atoms with Crippen LogP contribution in [0.4, 0.5) is 0 Å². The Balaban J connectivity index is 2.49. The first-order valence-electron chi connectivity index (χ1n) is 4.33. The Labute approximate surface area is 102 Å². The lowest BCUT2D eigenvalue weighted by Crippen LogP contribution is -1.97. The fourth-order valence-electron chi connectivity index (χ4n) is 0.921. The minimum Gasteiger partial charge on any atom is -0.393 e. The quantitative estimate of drug-likeness (QED) is 0.474. The Bertz CT molecular complexity index is 324. The Morgan fingerprint density at radius 3 is 2.87 bits per heavy atom. The van der Waals surface area contributed by atoms with E-state index in [9.17, 15) is 0 Å². The van der Waals surface area contributed by atoms with Crippen LogP contribution in [-0.4, -0.2) is 26.5 Å². The topological polar surface area (TPSA) is 30.8 Å². The lowest BCUT2D eigenvalue weighted by molar-refractivity contribution is 0.0760. The van der Waals surface area contributed by atoms with E-state index in [1.54, 1.807) is 19.4 Å². The monoisotopic (exact) mass is 291 g/mol. The second-order valence-corrected chi connectivity index (χ2v) is 4.12. The summed E-state index contributed by atoms with van der Waals surface area (Å²) in [6, 6.07) is 5.51. The molecule has 1 rings (SSSR count). The van der Waals surface area contributed by atoms with Gasteiger partial charge in [-0.3, -0.25) is 0 Å².